The third-order valence-electron chi connectivity index (χ3n) is 5.38. The van der Waals surface area contributed by atoms with E-state index in [1.54, 1.807) is 0 Å². The normalized spacial score (nSPS) is 38.5. The Balaban J connectivity index is 1.63. The molecule has 3 fully saturated rings. The van der Waals surface area contributed by atoms with Crippen molar-refractivity contribution in [2.75, 3.05) is 26.2 Å². The van der Waals surface area contributed by atoms with Crippen LogP contribution < -0.4 is 5.32 Å². The predicted octanol–water partition coefficient (Wildman–Crippen LogP) is 2.64. The molecule has 3 aliphatic rings. The second-order valence-electron chi connectivity index (χ2n) is 7.35. The molecular weight excluding hydrogens is 208 g/mol. The fourth-order valence-corrected chi connectivity index (χ4v) is 3.88. The van der Waals surface area contributed by atoms with Crippen molar-refractivity contribution in [3.8, 4) is 0 Å². The second-order valence-corrected chi connectivity index (χ2v) is 7.35. The van der Waals surface area contributed by atoms with E-state index in [1.807, 2.05) is 0 Å². The monoisotopic (exact) mass is 236 g/mol. The first kappa shape index (κ1) is 12.0. The molecule has 0 aromatic rings. The van der Waals surface area contributed by atoms with Crippen LogP contribution in [0.1, 0.15) is 52.4 Å². The van der Waals surface area contributed by atoms with Gasteiger partial charge in [0.2, 0.25) is 0 Å². The highest BCUT2D eigenvalue weighted by molar-refractivity contribution is 5.01. The molecular formula is C15H28N2. The van der Waals surface area contributed by atoms with Crippen LogP contribution in [0.5, 0.6) is 0 Å². The summed E-state index contributed by atoms with van der Waals surface area (Å²) in [7, 11) is 0. The largest absolute Gasteiger partial charge is 0.310 e. The number of hydrogen-bond donors (Lipinski definition) is 1. The van der Waals surface area contributed by atoms with Gasteiger partial charge in [0.1, 0.15) is 0 Å². The van der Waals surface area contributed by atoms with Crippen molar-refractivity contribution in [1.29, 1.82) is 0 Å². The minimum Gasteiger partial charge on any atom is -0.310 e. The summed E-state index contributed by atoms with van der Waals surface area (Å²) in [6.45, 7) is 10.1. The van der Waals surface area contributed by atoms with Crippen LogP contribution in [-0.4, -0.2) is 36.6 Å². The highest BCUT2D eigenvalue weighted by atomic mass is 15.2. The summed E-state index contributed by atoms with van der Waals surface area (Å²) in [5.74, 6) is 0.956. The Kier molecular flexibility index (Phi) is 2.99. The minimum atomic E-state index is 0.413. The van der Waals surface area contributed by atoms with E-state index in [0.717, 1.165) is 5.92 Å². The highest BCUT2D eigenvalue weighted by Gasteiger charge is 2.44. The molecule has 17 heavy (non-hydrogen) atoms. The van der Waals surface area contributed by atoms with Crippen molar-refractivity contribution in [1.82, 2.24) is 10.2 Å². The van der Waals surface area contributed by atoms with Crippen LogP contribution in [0.3, 0.4) is 0 Å². The molecule has 2 nitrogen and oxygen atoms in total. The molecule has 3 rings (SSSR count). The Morgan fingerprint density at radius 1 is 1.18 bits per heavy atom. The number of nitrogens with zero attached hydrogens (tertiary/aromatic N) is 1. The zero-order valence-electron chi connectivity index (χ0n) is 11.6. The molecule has 1 heterocycles. The van der Waals surface area contributed by atoms with Gasteiger partial charge in [0.25, 0.3) is 0 Å². The molecule has 2 saturated carbocycles. The summed E-state index contributed by atoms with van der Waals surface area (Å²) in [6, 6.07) is 0. The van der Waals surface area contributed by atoms with E-state index in [1.165, 1.54) is 64.7 Å². The first-order valence-corrected chi connectivity index (χ1v) is 7.57. The van der Waals surface area contributed by atoms with Crippen LogP contribution in [0.2, 0.25) is 0 Å². The SMILES string of the molecule is CC1(CN2CCCNC(C)(C3CC3)C2)CCC1. The van der Waals surface area contributed by atoms with Gasteiger partial charge >= 0.3 is 0 Å². The fraction of sp³-hybridized carbons (Fsp3) is 1.00. The molecule has 98 valence electrons. The Labute approximate surface area is 106 Å². The molecule has 1 unspecified atom stereocenters. The molecule has 2 aliphatic carbocycles. The number of nitrogens with one attached hydrogen (secondary N) is 1. The molecule has 0 aromatic heterocycles. The van der Waals surface area contributed by atoms with E-state index in [2.05, 4.69) is 24.1 Å². The first-order valence-electron chi connectivity index (χ1n) is 7.57. The van der Waals surface area contributed by atoms with Gasteiger partial charge in [-0.3, -0.25) is 0 Å². The van der Waals surface area contributed by atoms with E-state index in [-0.39, 0.29) is 0 Å². The summed E-state index contributed by atoms with van der Waals surface area (Å²) in [5.41, 5.74) is 1.06. The molecule has 0 aromatic carbocycles. The molecule has 1 saturated heterocycles. The molecule has 0 bridgehead atoms. The number of rotatable bonds is 3. The standard InChI is InChI=1S/C15H28N2/c1-14(7-3-8-14)11-17-10-4-9-16-15(2,12-17)13-5-6-13/h13,16H,3-12H2,1-2H3. The topological polar surface area (TPSA) is 15.3 Å². The van der Waals surface area contributed by atoms with Crippen molar-refractivity contribution in [3.63, 3.8) is 0 Å². The van der Waals surface area contributed by atoms with E-state index in [9.17, 15) is 0 Å². The Hall–Kier alpha value is -0.0800. The summed E-state index contributed by atoms with van der Waals surface area (Å²) >= 11 is 0. The zero-order valence-corrected chi connectivity index (χ0v) is 11.6. The number of hydrogen-bond acceptors (Lipinski definition) is 2. The van der Waals surface area contributed by atoms with Gasteiger partial charge in [-0.25, -0.2) is 0 Å². The Bertz CT molecular complexity index is 281. The van der Waals surface area contributed by atoms with Crippen LogP contribution in [-0.2, 0) is 0 Å². The lowest BCUT2D eigenvalue weighted by molar-refractivity contribution is 0.0727. The highest BCUT2D eigenvalue weighted by Crippen LogP contribution is 2.43. The smallest absolute Gasteiger partial charge is 0.0308 e. The first-order chi connectivity index (χ1) is 8.10. The average molecular weight is 236 g/mol. The summed E-state index contributed by atoms with van der Waals surface area (Å²) in [6.07, 6.45) is 8.61. The van der Waals surface area contributed by atoms with Crippen molar-refractivity contribution < 1.29 is 0 Å². The van der Waals surface area contributed by atoms with Crippen LogP contribution in [0.25, 0.3) is 0 Å². The van der Waals surface area contributed by atoms with Crippen LogP contribution in [0.4, 0.5) is 0 Å². The van der Waals surface area contributed by atoms with Gasteiger partial charge in [-0.15, -0.1) is 0 Å². The van der Waals surface area contributed by atoms with Crippen LogP contribution in [0, 0.1) is 11.3 Å². The maximum absolute atomic E-state index is 3.83. The van der Waals surface area contributed by atoms with E-state index < -0.39 is 0 Å². The quantitative estimate of drug-likeness (QED) is 0.810. The summed E-state index contributed by atoms with van der Waals surface area (Å²) in [5, 5.41) is 3.83. The van der Waals surface area contributed by atoms with Gasteiger partial charge in [-0.2, -0.15) is 0 Å². The van der Waals surface area contributed by atoms with Gasteiger partial charge in [0, 0.05) is 18.6 Å². The van der Waals surface area contributed by atoms with Crippen molar-refractivity contribution in [2.24, 2.45) is 11.3 Å². The van der Waals surface area contributed by atoms with E-state index >= 15 is 0 Å². The lowest BCUT2D eigenvalue weighted by Crippen LogP contribution is -2.52. The van der Waals surface area contributed by atoms with Gasteiger partial charge in [0.15, 0.2) is 0 Å². The molecule has 1 atom stereocenters. The third kappa shape index (κ3) is 2.53. The Morgan fingerprint density at radius 2 is 1.94 bits per heavy atom. The summed E-state index contributed by atoms with van der Waals surface area (Å²) in [4.78, 5) is 2.76. The lowest BCUT2D eigenvalue weighted by Gasteiger charge is -2.44. The third-order valence-corrected chi connectivity index (χ3v) is 5.38. The lowest BCUT2D eigenvalue weighted by atomic mass is 9.70. The average Bonchev–Trinajstić information content (AvgIpc) is 3.03. The molecule has 0 spiro atoms. The van der Waals surface area contributed by atoms with Crippen LogP contribution >= 0.6 is 0 Å². The van der Waals surface area contributed by atoms with Crippen LogP contribution in [0.15, 0.2) is 0 Å². The zero-order chi connectivity index (χ0) is 11.9. The molecule has 1 aliphatic heterocycles. The second kappa shape index (κ2) is 4.24. The molecule has 0 radical (unpaired) electrons. The minimum absolute atomic E-state index is 0.413. The van der Waals surface area contributed by atoms with Gasteiger partial charge < -0.3 is 10.2 Å². The van der Waals surface area contributed by atoms with Crippen molar-refractivity contribution in [2.45, 2.75) is 57.9 Å². The maximum atomic E-state index is 3.83. The van der Waals surface area contributed by atoms with Crippen molar-refractivity contribution in [3.05, 3.63) is 0 Å². The fourth-order valence-electron chi connectivity index (χ4n) is 3.88. The summed E-state index contributed by atoms with van der Waals surface area (Å²) < 4.78 is 0. The van der Waals surface area contributed by atoms with Gasteiger partial charge in [0.05, 0.1) is 0 Å². The molecule has 2 heteroatoms. The van der Waals surface area contributed by atoms with Gasteiger partial charge in [-0.1, -0.05) is 13.3 Å². The van der Waals surface area contributed by atoms with E-state index in [0.29, 0.717) is 11.0 Å². The maximum Gasteiger partial charge on any atom is 0.0308 e. The predicted molar refractivity (Wildman–Crippen MR) is 72.1 cm³/mol. The molecule has 0 amide bonds. The van der Waals surface area contributed by atoms with Crippen molar-refractivity contribution >= 4 is 0 Å². The van der Waals surface area contributed by atoms with Gasteiger partial charge in [-0.05, 0) is 63.5 Å². The van der Waals surface area contributed by atoms with E-state index in [4.69, 9.17) is 0 Å². The Morgan fingerprint density at radius 3 is 2.53 bits per heavy atom. The molecule has 1 N–H and O–H groups in total.